The average Bonchev–Trinajstić information content (AvgIpc) is 2.88. The molecule has 0 radical (unpaired) electrons. The zero-order valence-electron chi connectivity index (χ0n) is 11.0. The van der Waals surface area contributed by atoms with Gasteiger partial charge in [0, 0.05) is 16.7 Å². The third kappa shape index (κ3) is 3.84. The number of carbonyl (C=O) groups is 2. The number of likely N-dealkylation sites (tertiary alicyclic amines) is 1. The number of nitrogens with one attached hydrogen (secondary N) is 1. The number of aliphatic carboxylic acids is 1. The second kappa shape index (κ2) is 6.92. The third-order valence-electron chi connectivity index (χ3n) is 3.38. The van der Waals surface area contributed by atoms with Gasteiger partial charge in [0.1, 0.15) is 0 Å². The van der Waals surface area contributed by atoms with Gasteiger partial charge in [0.2, 0.25) is 0 Å². The van der Waals surface area contributed by atoms with Crippen LogP contribution < -0.4 is 5.32 Å². The minimum Gasteiger partial charge on any atom is -0.481 e. The lowest BCUT2D eigenvalue weighted by Crippen LogP contribution is -2.40. The second-order valence-electron chi connectivity index (χ2n) is 4.78. The first-order valence-corrected chi connectivity index (χ1v) is 7.67. The maximum atomic E-state index is 12.1. The Hall–Kier alpha value is -1.31. The van der Waals surface area contributed by atoms with E-state index in [-0.39, 0.29) is 25.0 Å². The second-order valence-corrected chi connectivity index (χ2v) is 6.02. The van der Waals surface area contributed by atoms with Crippen molar-refractivity contribution in [3.8, 4) is 0 Å². The van der Waals surface area contributed by atoms with E-state index < -0.39 is 5.97 Å². The maximum Gasteiger partial charge on any atom is 0.317 e. The van der Waals surface area contributed by atoms with Crippen molar-refractivity contribution in [1.29, 1.82) is 0 Å². The number of nitrogens with zero attached hydrogens (tertiary/aromatic N) is 1. The summed E-state index contributed by atoms with van der Waals surface area (Å²) in [4.78, 5) is 24.3. The highest BCUT2D eigenvalue weighted by atomic mass is 127. The van der Waals surface area contributed by atoms with Crippen LogP contribution in [0.5, 0.6) is 0 Å². The highest BCUT2D eigenvalue weighted by molar-refractivity contribution is 14.1. The Balaban J connectivity index is 1.98. The van der Waals surface area contributed by atoms with Gasteiger partial charge in [-0.3, -0.25) is 4.79 Å². The quantitative estimate of drug-likeness (QED) is 0.780. The molecule has 0 spiro atoms. The Bertz CT molecular complexity index is 490. The SMILES string of the molecule is O=C(O)CCNC(=O)N1CCCC1c1ccc(I)cc1. The number of carbonyl (C=O) groups excluding carboxylic acids is 1. The van der Waals surface area contributed by atoms with Crippen LogP contribution in [0.15, 0.2) is 24.3 Å². The predicted molar refractivity (Wildman–Crippen MR) is 83.5 cm³/mol. The van der Waals surface area contributed by atoms with Gasteiger partial charge in [-0.1, -0.05) is 12.1 Å². The zero-order chi connectivity index (χ0) is 14.5. The Morgan fingerprint density at radius 2 is 2.05 bits per heavy atom. The Kier molecular flexibility index (Phi) is 5.22. The van der Waals surface area contributed by atoms with Gasteiger partial charge in [-0.15, -0.1) is 0 Å². The van der Waals surface area contributed by atoms with Crippen molar-refractivity contribution in [3.05, 3.63) is 33.4 Å². The largest absolute Gasteiger partial charge is 0.481 e. The number of rotatable bonds is 4. The summed E-state index contributed by atoms with van der Waals surface area (Å²) in [7, 11) is 0. The summed E-state index contributed by atoms with van der Waals surface area (Å²) in [5, 5.41) is 11.3. The molecule has 5 nitrogen and oxygen atoms in total. The van der Waals surface area contributed by atoms with Gasteiger partial charge in [-0.2, -0.15) is 0 Å². The molecule has 0 aliphatic carbocycles. The molecule has 2 amide bonds. The fourth-order valence-corrected chi connectivity index (χ4v) is 2.78. The number of hydrogen-bond acceptors (Lipinski definition) is 2. The molecule has 1 aliphatic rings. The van der Waals surface area contributed by atoms with E-state index in [1.54, 1.807) is 4.90 Å². The number of urea groups is 1. The van der Waals surface area contributed by atoms with Crippen molar-refractivity contribution in [2.24, 2.45) is 0 Å². The van der Waals surface area contributed by atoms with Crippen LogP contribution in [0, 0.1) is 3.57 Å². The monoisotopic (exact) mass is 388 g/mol. The predicted octanol–water partition coefficient (Wildman–Crippen LogP) is 2.61. The molecule has 108 valence electrons. The van der Waals surface area contributed by atoms with Gasteiger partial charge in [0.05, 0.1) is 12.5 Å². The Morgan fingerprint density at radius 3 is 2.70 bits per heavy atom. The summed E-state index contributed by atoms with van der Waals surface area (Å²) in [6.45, 7) is 0.889. The number of halogens is 1. The summed E-state index contributed by atoms with van der Waals surface area (Å²) in [5.74, 6) is -0.902. The van der Waals surface area contributed by atoms with Gasteiger partial charge < -0.3 is 15.3 Å². The van der Waals surface area contributed by atoms with Gasteiger partial charge in [-0.25, -0.2) is 4.79 Å². The van der Waals surface area contributed by atoms with E-state index in [0.29, 0.717) is 0 Å². The van der Waals surface area contributed by atoms with Crippen molar-refractivity contribution >= 4 is 34.6 Å². The molecule has 0 aromatic heterocycles. The third-order valence-corrected chi connectivity index (χ3v) is 4.10. The fraction of sp³-hybridized carbons (Fsp3) is 0.429. The first-order chi connectivity index (χ1) is 9.58. The van der Waals surface area contributed by atoms with Crippen LogP contribution in [0.1, 0.15) is 30.9 Å². The zero-order valence-corrected chi connectivity index (χ0v) is 13.2. The van der Waals surface area contributed by atoms with Crippen LogP contribution in [-0.4, -0.2) is 35.1 Å². The van der Waals surface area contributed by atoms with E-state index in [9.17, 15) is 9.59 Å². The first-order valence-electron chi connectivity index (χ1n) is 6.59. The molecule has 1 heterocycles. The van der Waals surface area contributed by atoms with E-state index in [1.807, 2.05) is 12.1 Å². The molecule has 2 rings (SSSR count). The number of carboxylic acid groups (broad SMARTS) is 1. The molecule has 1 unspecified atom stereocenters. The summed E-state index contributed by atoms with van der Waals surface area (Å²) >= 11 is 2.25. The standard InChI is InChI=1S/C14H17IN2O3/c15-11-5-3-10(4-6-11)12-2-1-9-17(12)14(20)16-8-7-13(18)19/h3-6,12H,1-2,7-9H2,(H,16,20)(H,18,19). The lowest BCUT2D eigenvalue weighted by Gasteiger charge is -2.25. The van der Waals surface area contributed by atoms with E-state index >= 15 is 0 Å². The summed E-state index contributed by atoms with van der Waals surface area (Å²) in [6.07, 6.45) is 1.88. The molecule has 1 aromatic rings. The summed E-state index contributed by atoms with van der Waals surface area (Å²) in [5.41, 5.74) is 1.14. The van der Waals surface area contributed by atoms with Crippen LogP contribution in [0.4, 0.5) is 4.79 Å². The fourth-order valence-electron chi connectivity index (χ4n) is 2.42. The molecule has 2 N–H and O–H groups in total. The molecule has 1 saturated heterocycles. The molecule has 1 aromatic carbocycles. The highest BCUT2D eigenvalue weighted by Gasteiger charge is 2.29. The van der Waals surface area contributed by atoms with E-state index in [0.717, 1.165) is 24.9 Å². The molecular weight excluding hydrogens is 371 g/mol. The normalized spacial score (nSPS) is 18.1. The highest BCUT2D eigenvalue weighted by Crippen LogP contribution is 2.31. The van der Waals surface area contributed by atoms with Gasteiger partial charge in [-0.05, 0) is 53.1 Å². The minimum absolute atomic E-state index is 0.0478. The van der Waals surface area contributed by atoms with Crippen LogP contribution in [0.2, 0.25) is 0 Å². The number of hydrogen-bond donors (Lipinski definition) is 2. The minimum atomic E-state index is -0.902. The topological polar surface area (TPSA) is 69.6 Å². The number of amides is 2. The van der Waals surface area contributed by atoms with Crippen LogP contribution in [0.25, 0.3) is 0 Å². The van der Waals surface area contributed by atoms with Crippen molar-refractivity contribution in [3.63, 3.8) is 0 Å². The van der Waals surface area contributed by atoms with Crippen LogP contribution in [0.3, 0.4) is 0 Å². The molecule has 0 saturated carbocycles. The van der Waals surface area contributed by atoms with E-state index in [1.165, 1.54) is 3.57 Å². The maximum absolute atomic E-state index is 12.1. The average molecular weight is 388 g/mol. The number of benzene rings is 1. The van der Waals surface area contributed by atoms with E-state index in [2.05, 4.69) is 40.0 Å². The molecule has 1 aliphatic heterocycles. The molecule has 1 fully saturated rings. The molecule has 0 bridgehead atoms. The molecular formula is C14H17IN2O3. The van der Waals surface area contributed by atoms with Crippen molar-refractivity contribution < 1.29 is 14.7 Å². The van der Waals surface area contributed by atoms with Gasteiger partial charge in [0.15, 0.2) is 0 Å². The van der Waals surface area contributed by atoms with Crippen LogP contribution in [-0.2, 0) is 4.79 Å². The van der Waals surface area contributed by atoms with Crippen molar-refractivity contribution in [2.45, 2.75) is 25.3 Å². The van der Waals surface area contributed by atoms with Crippen LogP contribution >= 0.6 is 22.6 Å². The number of carboxylic acids is 1. The lowest BCUT2D eigenvalue weighted by molar-refractivity contribution is -0.136. The smallest absolute Gasteiger partial charge is 0.317 e. The Morgan fingerprint density at radius 1 is 1.35 bits per heavy atom. The Labute approximate surface area is 131 Å². The van der Waals surface area contributed by atoms with Crippen molar-refractivity contribution in [1.82, 2.24) is 10.2 Å². The molecule has 20 heavy (non-hydrogen) atoms. The van der Waals surface area contributed by atoms with Gasteiger partial charge >= 0.3 is 12.0 Å². The molecule has 6 heteroatoms. The van der Waals surface area contributed by atoms with Gasteiger partial charge in [0.25, 0.3) is 0 Å². The van der Waals surface area contributed by atoms with Crippen molar-refractivity contribution in [2.75, 3.05) is 13.1 Å². The summed E-state index contributed by atoms with van der Waals surface area (Å²) < 4.78 is 1.17. The molecule has 1 atom stereocenters. The lowest BCUT2D eigenvalue weighted by atomic mass is 10.1. The van der Waals surface area contributed by atoms with E-state index in [4.69, 9.17) is 5.11 Å². The first kappa shape index (κ1) is 15.1. The summed E-state index contributed by atoms with van der Waals surface area (Å²) in [6, 6.07) is 8.10.